The molecule has 0 radical (unpaired) electrons. The number of para-hydroxylation sites is 1. The van der Waals surface area contributed by atoms with E-state index in [1.54, 1.807) is 6.07 Å². The molecule has 182 valence electrons. The van der Waals surface area contributed by atoms with Gasteiger partial charge in [-0.25, -0.2) is 0 Å². The Bertz CT molecular complexity index is 1460. The summed E-state index contributed by atoms with van der Waals surface area (Å²) in [6, 6.07) is 20.1. The molecule has 4 heterocycles. The standard InChI is InChI=1S/C29H28N4O3/c1-19-5-6-23(30-17-19)18-31-22-7-8-27-21(14-22)13-20-3-2-4-25(29(20)36-27)26-15-24(16-28(34)32-26)33-9-11-35-12-10-33/h2-8,14-17,31H,9-13,18H2,1H3,(H,32,34). The Morgan fingerprint density at radius 3 is 2.75 bits per heavy atom. The zero-order valence-electron chi connectivity index (χ0n) is 20.2. The van der Waals surface area contributed by atoms with Gasteiger partial charge >= 0.3 is 0 Å². The molecule has 7 heteroatoms. The first-order valence-corrected chi connectivity index (χ1v) is 12.3. The van der Waals surface area contributed by atoms with Crippen molar-refractivity contribution in [2.24, 2.45) is 0 Å². The quantitative estimate of drug-likeness (QED) is 0.373. The highest BCUT2D eigenvalue weighted by molar-refractivity contribution is 5.74. The van der Waals surface area contributed by atoms with Crippen LogP contribution < -0.4 is 20.5 Å². The number of aromatic amines is 1. The fourth-order valence-electron chi connectivity index (χ4n) is 4.77. The summed E-state index contributed by atoms with van der Waals surface area (Å²) >= 11 is 0. The number of pyridine rings is 2. The van der Waals surface area contributed by atoms with E-state index in [0.29, 0.717) is 19.8 Å². The Labute approximate surface area is 209 Å². The molecule has 1 fully saturated rings. The predicted octanol–water partition coefficient (Wildman–Crippen LogP) is 4.89. The van der Waals surface area contributed by atoms with E-state index in [0.717, 1.165) is 76.0 Å². The Kier molecular flexibility index (Phi) is 5.91. The van der Waals surface area contributed by atoms with E-state index in [9.17, 15) is 4.79 Å². The monoisotopic (exact) mass is 480 g/mol. The van der Waals surface area contributed by atoms with Gasteiger partial charge in [0.15, 0.2) is 0 Å². The molecule has 1 saturated heterocycles. The zero-order chi connectivity index (χ0) is 24.5. The van der Waals surface area contributed by atoms with E-state index in [-0.39, 0.29) is 5.56 Å². The number of nitrogens with zero attached hydrogens (tertiary/aromatic N) is 2. The lowest BCUT2D eigenvalue weighted by Gasteiger charge is -2.29. The number of ether oxygens (including phenoxy) is 2. The fraction of sp³-hybridized carbons (Fsp3) is 0.241. The second kappa shape index (κ2) is 9.51. The third-order valence-electron chi connectivity index (χ3n) is 6.69. The smallest absolute Gasteiger partial charge is 0.250 e. The summed E-state index contributed by atoms with van der Waals surface area (Å²) in [6.07, 6.45) is 2.64. The van der Waals surface area contributed by atoms with E-state index in [2.05, 4.69) is 38.4 Å². The number of H-pyrrole nitrogens is 1. The van der Waals surface area contributed by atoms with Crippen LogP contribution in [0.5, 0.6) is 11.5 Å². The van der Waals surface area contributed by atoms with Crippen LogP contribution in [0.15, 0.2) is 71.7 Å². The van der Waals surface area contributed by atoms with Gasteiger partial charge < -0.3 is 24.7 Å². The molecule has 6 rings (SSSR count). The number of hydrogen-bond donors (Lipinski definition) is 2. The number of hydrogen-bond acceptors (Lipinski definition) is 6. The van der Waals surface area contributed by atoms with Crippen LogP contribution in [0, 0.1) is 6.92 Å². The van der Waals surface area contributed by atoms with Gasteiger partial charge in [0.2, 0.25) is 5.56 Å². The van der Waals surface area contributed by atoms with E-state index in [4.69, 9.17) is 9.47 Å². The Balaban J connectivity index is 1.26. The number of rotatable bonds is 5. The third kappa shape index (κ3) is 4.57. The highest BCUT2D eigenvalue weighted by Gasteiger charge is 2.22. The van der Waals surface area contributed by atoms with Crippen molar-refractivity contribution in [2.45, 2.75) is 19.9 Å². The second-order valence-electron chi connectivity index (χ2n) is 9.29. The third-order valence-corrected chi connectivity index (χ3v) is 6.69. The van der Waals surface area contributed by atoms with Crippen LogP contribution in [-0.2, 0) is 17.7 Å². The molecule has 4 aromatic rings. The number of anilines is 2. The molecule has 0 aliphatic carbocycles. The summed E-state index contributed by atoms with van der Waals surface area (Å²) in [5.41, 5.74) is 7.82. The Morgan fingerprint density at radius 1 is 1.03 bits per heavy atom. The molecular formula is C29H28N4O3. The van der Waals surface area contributed by atoms with E-state index in [1.807, 2.05) is 49.5 Å². The molecule has 2 aliphatic rings. The van der Waals surface area contributed by atoms with Gasteiger partial charge in [0.25, 0.3) is 0 Å². The van der Waals surface area contributed by atoms with Gasteiger partial charge in [0, 0.05) is 54.3 Å². The Morgan fingerprint density at radius 2 is 1.92 bits per heavy atom. The first kappa shape index (κ1) is 22.4. The topological polar surface area (TPSA) is 79.5 Å². The van der Waals surface area contributed by atoms with Crippen molar-refractivity contribution in [3.63, 3.8) is 0 Å². The minimum Gasteiger partial charge on any atom is -0.456 e. The SMILES string of the molecule is Cc1ccc(CNc2ccc3c(c2)Cc2cccc(-c4cc(N5CCOCC5)cc(=O)[nH]4)c2O3)nc1. The van der Waals surface area contributed by atoms with Crippen LogP contribution in [0.4, 0.5) is 11.4 Å². The number of benzene rings is 2. The summed E-state index contributed by atoms with van der Waals surface area (Å²) < 4.78 is 11.9. The van der Waals surface area contributed by atoms with Crippen molar-refractivity contribution >= 4 is 11.4 Å². The predicted molar refractivity (Wildman–Crippen MR) is 141 cm³/mol. The Hall–Kier alpha value is -4.10. The maximum atomic E-state index is 12.5. The number of aromatic nitrogens is 2. The zero-order valence-corrected chi connectivity index (χ0v) is 20.2. The van der Waals surface area contributed by atoms with E-state index in [1.165, 1.54) is 0 Å². The van der Waals surface area contributed by atoms with Crippen molar-refractivity contribution in [3.8, 4) is 22.8 Å². The van der Waals surface area contributed by atoms with Gasteiger partial charge in [-0.2, -0.15) is 0 Å². The minimum atomic E-state index is -0.124. The first-order valence-electron chi connectivity index (χ1n) is 12.3. The molecule has 0 unspecified atom stereocenters. The van der Waals surface area contributed by atoms with Gasteiger partial charge in [-0.15, -0.1) is 0 Å². The molecular weight excluding hydrogens is 452 g/mol. The highest BCUT2D eigenvalue weighted by Crippen LogP contribution is 2.43. The van der Waals surface area contributed by atoms with Crippen molar-refractivity contribution in [1.82, 2.24) is 9.97 Å². The summed E-state index contributed by atoms with van der Waals surface area (Å²) in [7, 11) is 0. The van der Waals surface area contributed by atoms with Gasteiger partial charge in [0.1, 0.15) is 11.5 Å². The molecule has 2 N–H and O–H groups in total. The first-order chi connectivity index (χ1) is 17.6. The molecule has 7 nitrogen and oxygen atoms in total. The lowest BCUT2D eigenvalue weighted by Crippen LogP contribution is -2.36. The molecule has 0 atom stereocenters. The van der Waals surface area contributed by atoms with Crippen LogP contribution in [0.1, 0.15) is 22.4 Å². The summed E-state index contributed by atoms with van der Waals surface area (Å²) in [5, 5.41) is 3.46. The number of nitrogens with one attached hydrogen (secondary N) is 2. The molecule has 2 aromatic heterocycles. The lowest BCUT2D eigenvalue weighted by atomic mass is 9.96. The maximum absolute atomic E-state index is 12.5. The van der Waals surface area contributed by atoms with Crippen LogP contribution in [0.3, 0.4) is 0 Å². The van der Waals surface area contributed by atoms with Crippen molar-refractivity contribution in [1.29, 1.82) is 0 Å². The summed E-state index contributed by atoms with van der Waals surface area (Å²) in [6.45, 7) is 5.58. The summed E-state index contributed by atoms with van der Waals surface area (Å²) in [5.74, 6) is 1.63. The van der Waals surface area contributed by atoms with E-state index >= 15 is 0 Å². The lowest BCUT2D eigenvalue weighted by molar-refractivity contribution is 0.122. The van der Waals surface area contributed by atoms with Crippen molar-refractivity contribution in [3.05, 3.63) is 99.6 Å². The maximum Gasteiger partial charge on any atom is 0.250 e. The van der Waals surface area contributed by atoms with E-state index < -0.39 is 0 Å². The van der Waals surface area contributed by atoms with Crippen LogP contribution in [-0.4, -0.2) is 36.3 Å². The molecule has 2 aliphatic heterocycles. The molecule has 0 amide bonds. The van der Waals surface area contributed by atoms with Crippen molar-refractivity contribution < 1.29 is 9.47 Å². The minimum absolute atomic E-state index is 0.124. The number of morpholine rings is 1. The summed E-state index contributed by atoms with van der Waals surface area (Å²) in [4.78, 5) is 22.2. The average molecular weight is 481 g/mol. The van der Waals surface area contributed by atoms with Crippen molar-refractivity contribution in [2.75, 3.05) is 36.5 Å². The largest absolute Gasteiger partial charge is 0.456 e. The molecule has 0 bridgehead atoms. The molecule has 36 heavy (non-hydrogen) atoms. The molecule has 2 aromatic carbocycles. The van der Waals surface area contributed by atoms with Gasteiger partial charge in [-0.1, -0.05) is 18.2 Å². The van der Waals surface area contributed by atoms with Crippen LogP contribution >= 0.6 is 0 Å². The normalized spacial score (nSPS) is 14.5. The second-order valence-corrected chi connectivity index (χ2v) is 9.29. The number of aryl methyl sites for hydroxylation is 1. The highest BCUT2D eigenvalue weighted by atomic mass is 16.5. The van der Waals surface area contributed by atoms with Crippen LogP contribution in [0.25, 0.3) is 11.3 Å². The van der Waals surface area contributed by atoms with Gasteiger partial charge in [0.05, 0.1) is 31.1 Å². The fourth-order valence-corrected chi connectivity index (χ4v) is 4.77. The molecule has 0 saturated carbocycles. The van der Waals surface area contributed by atoms with Gasteiger partial charge in [-0.3, -0.25) is 9.78 Å². The number of fused-ring (bicyclic) bond motifs is 2. The van der Waals surface area contributed by atoms with Crippen LogP contribution in [0.2, 0.25) is 0 Å². The van der Waals surface area contributed by atoms with Gasteiger partial charge in [-0.05, 0) is 54.4 Å². The molecule has 0 spiro atoms. The average Bonchev–Trinajstić information content (AvgIpc) is 2.91.